The molecule has 37 heavy (non-hydrogen) atoms. The van der Waals surface area contributed by atoms with E-state index >= 15 is 0 Å². The number of amidine groups is 1. The fraction of sp³-hybridized carbons (Fsp3) is 0.370. The molecule has 3 heterocycles. The van der Waals surface area contributed by atoms with Crippen LogP contribution in [0.2, 0.25) is 0 Å². The lowest BCUT2D eigenvalue weighted by Gasteiger charge is -2.33. The molecule has 1 fully saturated rings. The molecule has 0 bridgehead atoms. The number of aliphatic carboxylic acids is 1. The molecule has 3 aliphatic rings. The van der Waals surface area contributed by atoms with Gasteiger partial charge in [-0.1, -0.05) is 42.1 Å². The zero-order chi connectivity index (χ0) is 25.9. The Hall–Kier alpha value is -3.66. The van der Waals surface area contributed by atoms with Gasteiger partial charge in [0, 0.05) is 19.4 Å². The van der Waals surface area contributed by atoms with Crippen LogP contribution in [0.25, 0.3) is 0 Å². The molecule has 1 saturated heterocycles. The van der Waals surface area contributed by atoms with E-state index in [9.17, 15) is 19.5 Å². The van der Waals surface area contributed by atoms with Gasteiger partial charge in [0.05, 0.1) is 18.9 Å². The fourth-order valence-electron chi connectivity index (χ4n) is 4.95. The minimum atomic E-state index is -1.00. The summed E-state index contributed by atoms with van der Waals surface area (Å²) < 4.78 is 5.27. The minimum Gasteiger partial charge on any atom is -0.497 e. The highest BCUT2D eigenvalue weighted by Crippen LogP contribution is 2.39. The number of carboxylic acids is 1. The molecule has 2 aromatic rings. The Morgan fingerprint density at radius 1 is 1.11 bits per heavy atom. The average Bonchev–Trinajstić information content (AvgIpc) is 3.53. The Morgan fingerprint density at radius 3 is 2.57 bits per heavy atom. The van der Waals surface area contributed by atoms with Gasteiger partial charge in [-0.2, -0.15) is 10.1 Å². The largest absolute Gasteiger partial charge is 0.497 e. The summed E-state index contributed by atoms with van der Waals surface area (Å²) in [6.45, 7) is 0.396. The summed E-state index contributed by atoms with van der Waals surface area (Å²) in [5.74, 6) is -0.958. The number of ether oxygens (including phenoxy) is 1. The van der Waals surface area contributed by atoms with Crippen molar-refractivity contribution in [2.45, 2.75) is 49.4 Å². The summed E-state index contributed by atoms with van der Waals surface area (Å²) in [6.07, 6.45) is 2.51. The van der Waals surface area contributed by atoms with E-state index < -0.39 is 23.2 Å². The van der Waals surface area contributed by atoms with E-state index in [1.165, 1.54) is 16.7 Å². The van der Waals surface area contributed by atoms with E-state index in [0.717, 1.165) is 35.4 Å². The lowest BCUT2D eigenvalue weighted by atomic mass is 9.98. The highest BCUT2D eigenvalue weighted by atomic mass is 32.2. The number of carboxylic acid groups (broad SMARTS) is 1. The summed E-state index contributed by atoms with van der Waals surface area (Å²) in [6, 6.07) is 16.6. The number of carbonyl (C=O) groups excluding carboxylic acids is 2. The molecule has 9 nitrogen and oxygen atoms in total. The van der Waals surface area contributed by atoms with Gasteiger partial charge in [0.2, 0.25) is 5.91 Å². The van der Waals surface area contributed by atoms with Crippen molar-refractivity contribution in [3.63, 3.8) is 0 Å². The van der Waals surface area contributed by atoms with Crippen molar-refractivity contribution in [2.24, 2.45) is 10.1 Å². The first kappa shape index (κ1) is 25.0. The zero-order valence-electron chi connectivity index (χ0n) is 20.4. The van der Waals surface area contributed by atoms with Gasteiger partial charge in [-0.05, 0) is 54.7 Å². The standard InChI is InChI=1S/C27H28N4O5S/c1-36-19-12-10-17(11-13-19)20-15-22(18-7-3-2-4-8-18)31(29-20)27-28-25(33)23(37-27)16-24(32)30-14-6-5-9-21(30)26(34)35/h2-4,7-8,10-13,21-23H,5-6,9,14-16H2,1H3,(H,34,35)/t21-,22+,23-/m0/s1. The fourth-order valence-corrected chi connectivity index (χ4v) is 6.00. The van der Waals surface area contributed by atoms with Crippen molar-refractivity contribution in [3.8, 4) is 5.75 Å². The average molecular weight is 521 g/mol. The zero-order valence-corrected chi connectivity index (χ0v) is 21.3. The molecule has 10 heteroatoms. The van der Waals surface area contributed by atoms with Crippen LogP contribution in [0.4, 0.5) is 0 Å². The Labute approximate surface area is 219 Å². The van der Waals surface area contributed by atoms with Gasteiger partial charge < -0.3 is 14.7 Å². The van der Waals surface area contributed by atoms with Crippen molar-refractivity contribution in [1.82, 2.24) is 9.91 Å². The van der Waals surface area contributed by atoms with E-state index in [-0.39, 0.29) is 18.4 Å². The molecule has 3 atom stereocenters. The molecule has 3 aliphatic heterocycles. The van der Waals surface area contributed by atoms with Crippen LogP contribution in [0.5, 0.6) is 5.75 Å². The molecule has 2 amide bonds. The molecular weight excluding hydrogens is 492 g/mol. The highest BCUT2D eigenvalue weighted by molar-refractivity contribution is 8.15. The summed E-state index contributed by atoms with van der Waals surface area (Å²) in [5, 5.41) is 15.9. The molecular formula is C27H28N4O5S. The van der Waals surface area contributed by atoms with E-state index in [2.05, 4.69) is 4.99 Å². The number of rotatable bonds is 6. The first-order chi connectivity index (χ1) is 17.9. The van der Waals surface area contributed by atoms with Crippen LogP contribution in [-0.4, -0.2) is 68.6 Å². The van der Waals surface area contributed by atoms with Crippen LogP contribution >= 0.6 is 11.8 Å². The number of methoxy groups -OCH3 is 1. The van der Waals surface area contributed by atoms with E-state index in [0.29, 0.717) is 24.6 Å². The van der Waals surface area contributed by atoms with E-state index in [4.69, 9.17) is 9.84 Å². The van der Waals surface area contributed by atoms with Gasteiger partial charge in [-0.3, -0.25) is 9.59 Å². The Kier molecular flexibility index (Phi) is 7.27. The Morgan fingerprint density at radius 2 is 1.86 bits per heavy atom. The molecule has 192 valence electrons. The lowest BCUT2D eigenvalue weighted by molar-refractivity contribution is -0.152. The van der Waals surface area contributed by atoms with Crippen molar-refractivity contribution in [3.05, 3.63) is 65.7 Å². The van der Waals surface area contributed by atoms with Crippen molar-refractivity contribution >= 4 is 40.4 Å². The third-order valence-electron chi connectivity index (χ3n) is 6.91. The summed E-state index contributed by atoms with van der Waals surface area (Å²) in [4.78, 5) is 43.2. The third-order valence-corrected chi connectivity index (χ3v) is 8.05. The number of hydrazone groups is 1. The molecule has 2 aromatic carbocycles. The monoisotopic (exact) mass is 520 g/mol. The van der Waals surface area contributed by atoms with Crippen LogP contribution in [0.1, 0.15) is 49.3 Å². The maximum absolute atomic E-state index is 13.0. The molecule has 0 spiro atoms. The number of nitrogens with zero attached hydrogens (tertiary/aromatic N) is 4. The minimum absolute atomic E-state index is 0.0842. The number of benzene rings is 2. The molecule has 0 aromatic heterocycles. The first-order valence-electron chi connectivity index (χ1n) is 12.3. The normalized spacial score (nSPS) is 23.6. The number of piperidine rings is 1. The van der Waals surface area contributed by atoms with Gasteiger partial charge in [-0.15, -0.1) is 0 Å². The number of amides is 2. The molecule has 0 aliphatic carbocycles. The van der Waals surface area contributed by atoms with Gasteiger partial charge in [-0.25, -0.2) is 9.80 Å². The number of carbonyl (C=O) groups is 3. The lowest BCUT2D eigenvalue weighted by Crippen LogP contribution is -2.48. The quantitative estimate of drug-likeness (QED) is 0.618. The second kappa shape index (κ2) is 10.8. The number of likely N-dealkylation sites (tertiary alicyclic amines) is 1. The van der Waals surface area contributed by atoms with E-state index in [1.54, 1.807) is 12.1 Å². The number of hydrogen-bond donors (Lipinski definition) is 1. The maximum Gasteiger partial charge on any atom is 0.326 e. The van der Waals surface area contributed by atoms with Crippen molar-refractivity contribution in [2.75, 3.05) is 13.7 Å². The topological polar surface area (TPSA) is 112 Å². The van der Waals surface area contributed by atoms with Crippen LogP contribution in [0.15, 0.2) is 64.7 Å². The summed E-state index contributed by atoms with van der Waals surface area (Å²) >= 11 is 1.22. The van der Waals surface area contributed by atoms with Crippen molar-refractivity contribution < 1.29 is 24.2 Å². The highest BCUT2D eigenvalue weighted by Gasteiger charge is 2.41. The summed E-state index contributed by atoms with van der Waals surface area (Å²) in [5.41, 5.74) is 2.86. The van der Waals surface area contributed by atoms with E-state index in [1.807, 2.05) is 54.6 Å². The molecule has 0 saturated carbocycles. The van der Waals surface area contributed by atoms with Crippen LogP contribution in [0, 0.1) is 0 Å². The molecule has 5 rings (SSSR count). The van der Waals surface area contributed by atoms with Crippen LogP contribution in [0.3, 0.4) is 0 Å². The maximum atomic E-state index is 13.0. The third kappa shape index (κ3) is 5.24. The van der Waals surface area contributed by atoms with Crippen molar-refractivity contribution in [1.29, 1.82) is 0 Å². The van der Waals surface area contributed by atoms with Crippen LogP contribution in [-0.2, 0) is 14.4 Å². The molecule has 0 unspecified atom stereocenters. The van der Waals surface area contributed by atoms with Crippen LogP contribution < -0.4 is 4.74 Å². The predicted molar refractivity (Wildman–Crippen MR) is 141 cm³/mol. The Bertz CT molecular complexity index is 1250. The number of thioether (sulfide) groups is 1. The molecule has 1 N–H and O–H groups in total. The first-order valence-corrected chi connectivity index (χ1v) is 13.2. The number of hydrogen-bond acceptors (Lipinski definition) is 7. The summed E-state index contributed by atoms with van der Waals surface area (Å²) in [7, 11) is 1.62. The van der Waals surface area contributed by atoms with Gasteiger partial charge >= 0.3 is 5.97 Å². The van der Waals surface area contributed by atoms with Gasteiger partial charge in [0.25, 0.3) is 5.91 Å². The Balaban J connectivity index is 1.35. The van der Waals surface area contributed by atoms with Gasteiger partial charge in [0.1, 0.15) is 17.0 Å². The molecule has 0 radical (unpaired) electrons. The number of aliphatic imine (C=N–C) groups is 1. The second-order valence-electron chi connectivity index (χ2n) is 9.23. The predicted octanol–water partition coefficient (Wildman–Crippen LogP) is 3.70. The van der Waals surface area contributed by atoms with Gasteiger partial charge in [0.15, 0.2) is 5.17 Å². The smallest absolute Gasteiger partial charge is 0.326 e. The second-order valence-corrected chi connectivity index (χ2v) is 10.4. The SMILES string of the molecule is COc1ccc(C2=NN(C3=NC(=O)[C@H](CC(=O)N4CCCC[C@H]4C(=O)O)S3)[C@@H](c3ccccc3)C2)cc1.